The van der Waals surface area contributed by atoms with Gasteiger partial charge in [0.2, 0.25) is 0 Å². The number of H-pyrrole nitrogens is 2. The molecule has 5 rings (SSSR count). The summed E-state index contributed by atoms with van der Waals surface area (Å²) in [5.74, 6) is 0.717. The average molecular weight is 435 g/mol. The highest BCUT2D eigenvalue weighted by Crippen LogP contribution is 2.32. The van der Waals surface area contributed by atoms with Crippen molar-refractivity contribution in [1.82, 2.24) is 30.0 Å². The summed E-state index contributed by atoms with van der Waals surface area (Å²) in [4.78, 5) is 26.3. The number of likely N-dealkylation sites (tertiary alicyclic amines) is 1. The van der Waals surface area contributed by atoms with Crippen molar-refractivity contribution in [2.45, 2.75) is 32.5 Å². The molecule has 1 fully saturated rings. The number of hydrogen-bond donors (Lipinski definition) is 2. The highest BCUT2D eigenvalue weighted by molar-refractivity contribution is 7.22. The minimum absolute atomic E-state index is 0.0667. The average Bonchev–Trinajstić information content (AvgIpc) is 3.48. The van der Waals surface area contributed by atoms with Gasteiger partial charge in [0.25, 0.3) is 5.56 Å². The van der Waals surface area contributed by atoms with Gasteiger partial charge in [-0.05, 0) is 32.0 Å². The van der Waals surface area contributed by atoms with E-state index in [-0.39, 0.29) is 5.56 Å². The van der Waals surface area contributed by atoms with Crippen molar-refractivity contribution in [1.29, 1.82) is 0 Å². The van der Waals surface area contributed by atoms with E-state index in [1.54, 1.807) is 6.20 Å². The molecule has 1 aromatic carbocycles. The Morgan fingerprint density at radius 1 is 1.29 bits per heavy atom. The van der Waals surface area contributed by atoms with Gasteiger partial charge in [0.1, 0.15) is 10.5 Å². The first kappa shape index (κ1) is 20.1. The molecule has 4 aromatic rings. The van der Waals surface area contributed by atoms with E-state index in [2.05, 4.69) is 62.4 Å². The number of aromatic amines is 2. The lowest BCUT2D eigenvalue weighted by Gasteiger charge is -2.24. The van der Waals surface area contributed by atoms with Crippen molar-refractivity contribution in [3.63, 3.8) is 0 Å². The Bertz CT molecular complexity index is 1240. The SMILES string of the molecule is Cc1[nH]ncc1-c1cc2nc(CN(C)C3CCN(Cc4ccccc4)C3)[nH]c(=O)c2s1. The molecule has 1 saturated heterocycles. The smallest absolute Gasteiger partial charge is 0.268 e. The predicted octanol–water partition coefficient (Wildman–Crippen LogP) is 3.39. The fourth-order valence-electron chi connectivity index (χ4n) is 4.32. The zero-order chi connectivity index (χ0) is 21.4. The van der Waals surface area contributed by atoms with Gasteiger partial charge in [-0.2, -0.15) is 5.10 Å². The number of rotatable bonds is 6. The molecule has 0 radical (unpaired) electrons. The molecule has 160 valence electrons. The maximum atomic E-state index is 12.7. The van der Waals surface area contributed by atoms with Crippen molar-refractivity contribution >= 4 is 21.6 Å². The minimum Gasteiger partial charge on any atom is -0.308 e. The summed E-state index contributed by atoms with van der Waals surface area (Å²) in [5.41, 5.74) is 4.05. The molecule has 3 aromatic heterocycles. The molecule has 7 nitrogen and oxygen atoms in total. The van der Waals surface area contributed by atoms with Crippen LogP contribution in [-0.2, 0) is 13.1 Å². The lowest BCUT2D eigenvalue weighted by molar-refractivity contribution is 0.218. The molecule has 1 aliphatic rings. The molecule has 0 spiro atoms. The number of likely N-dealkylation sites (N-methyl/N-ethyl adjacent to an activating group) is 1. The van der Waals surface area contributed by atoms with Crippen molar-refractivity contribution in [2.24, 2.45) is 0 Å². The second-order valence-corrected chi connectivity index (χ2v) is 9.38. The lowest BCUT2D eigenvalue weighted by atomic mass is 10.2. The van der Waals surface area contributed by atoms with Gasteiger partial charge in [0, 0.05) is 41.8 Å². The van der Waals surface area contributed by atoms with E-state index in [0.717, 1.165) is 53.5 Å². The molecule has 0 amide bonds. The molecular formula is C23H26N6OS. The monoisotopic (exact) mass is 434 g/mol. The van der Waals surface area contributed by atoms with Crippen LogP contribution < -0.4 is 5.56 Å². The Morgan fingerprint density at radius 3 is 2.90 bits per heavy atom. The number of aromatic nitrogens is 4. The van der Waals surface area contributed by atoms with Crippen LogP contribution in [0.3, 0.4) is 0 Å². The fraction of sp³-hybridized carbons (Fsp3) is 0.348. The quantitative estimate of drug-likeness (QED) is 0.486. The lowest BCUT2D eigenvalue weighted by Crippen LogP contribution is -2.35. The maximum Gasteiger partial charge on any atom is 0.268 e. The van der Waals surface area contributed by atoms with Crippen LogP contribution in [0.4, 0.5) is 0 Å². The first-order chi connectivity index (χ1) is 15.1. The molecule has 1 unspecified atom stereocenters. The number of thiophene rings is 1. The Balaban J connectivity index is 1.29. The normalized spacial score (nSPS) is 17.2. The highest BCUT2D eigenvalue weighted by atomic mass is 32.1. The van der Waals surface area contributed by atoms with Gasteiger partial charge >= 0.3 is 0 Å². The predicted molar refractivity (Wildman–Crippen MR) is 124 cm³/mol. The maximum absolute atomic E-state index is 12.7. The van der Waals surface area contributed by atoms with Crippen LogP contribution in [0.2, 0.25) is 0 Å². The van der Waals surface area contributed by atoms with E-state index >= 15 is 0 Å². The van der Waals surface area contributed by atoms with Crippen molar-refractivity contribution < 1.29 is 0 Å². The van der Waals surface area contributed by atoms with Crippen LogP contribution in [-0.4, -0.2) is 56.1 Å². The van der Waals surface area contributed by atoms with Gasteiger partial charge in [0.15, 0.2) is 0 Å². The molecule has 8 heteroatoms. The molecular weight excluding hydrogens is 408 g/mol. The number of nitrogens with one attached hydrogen (secondary N) is 2. The molecule has 0 saturated carbocycles. The summed E-state index contributed by atoms with van der Waals surface area (Å²) in [6.07, 6.45) is 2.92. The number of nitrogens with zero attached hydrogens (tertiary/aromatic N) is 4. The van der Waals surface area contributed by atoms with Crippen LogP contribution in [0, 0.1) is 6.92 Å². The Morgan fingerprint density at radius 2 is 2.13 bits per heavy atom. The summed E-state index contributed by atoms with van der Waals surface area (Å²) >= 11 is 1.46. The van der Waals surface area contributed by atoms with Gasteiger partial charge in [-0.15, -0.1) is 11.3 Å². The molecule has 1 aliphatic heterocycles. The van der Waals surface area contributed by atoms with Crippen LogP contribution in [0.15, 0.2) is 47.4 Å². The first-order valence-corrected chi connectivity index (χ1v) is 11.4. The second-order valence-electron chi connectivity index (χ2n) is 8.32. The fourth-order valence-corrected chi connectivity index (χ4v) is 5.38. The van der Waals surface area contributed by atoms with Crippen LogP contribution in [0.1, 0.15) is 23.5 Å². The number of aryl methyl sites for hydroxylation is 1. The zero-order valence-corrected chi connectivity index (χ0v) is 18.6. The zero-order valence-electron chi connectivity index (χ0n) is 17.8. The summed E-state index contributed by atoms with van der Waals surface area (Å²) in [7, 11) is 2.12. The van der Waals surface area contributed by atoms with Crippen LogP contribution in [0.5, 0.6) is 0 Å². The van der Waals surface area contributed by atoms with Gasteiger partial charge in [0.05, 0.1) is 18.3 Å². The van der Waals surface area contributed by atoms with Crippen molar-refractivity contribution in [3.05, 3.63) is 70.0 Å². The van der Waals surface area contributed by atoms with Gasteiger partial charge in [-0.3, -0.25) is 19.7 Å². The van der Waals surface area contributed by atoms with E-state index in [1.165, 1.54) is 16.9 Å². The van der Waals surface area contributed by atoms with Crippen LogP contribution >= 0.6 is 11.3 Å². The summed E-state index contributed by atoms with van der Waals surface area (Å²) < 4.78 is 0.664. The van der Waals surface area contributed by atoms with Crippen molar-refractivity contribution in [2.75, 3.05) is 20.1 Å². The topological polar surface area (TPSA) is 80.9 Å². The highest BCUT2D eigenvalue weighted by Gasteiger charge is 2.26. The third-order valence-electron chi connectivity index (χ3n) is 6.05. The summed E-state index contributed by atoms with van der Waals surface area (Å²) in [5, 5.41) is 7.04. The Kier molecular flexibility index (Phi) is 5.43. The van der Waals surface area contributed by atoms with Crippen molar-refractivity contribution in [3.8, 4) is 10.4 Å². The van der Waals surface area contributed by atoms with Crippen LogP contribution in [0.25, 0.3) is 20.7 Å². The standard InChI is InChI=1S/C23H26N6OS/c1-15-18(11-24-27-15)20-10-19-22(31-20)23(30)26-21(25-19)14-28(2)17-8-9-29(13-17)12-16-6-4-3-5-7-16/h3-7,10-11,17H,8-9,12-14H2,1-2H3,(H,24,27)(H,25,26,30). The summed E-state index contributed by atoms with van der Waals surface area (Å²) in [6.45, 7) is 5.71. The van der Waals surface area contributed by atoms with Gasteiger partial charge in [-0.25, -0.2) is 4.98 Å². The first-order valence-electron chi connectivity index (χ1n) is 10.6. The third kappa shape index (κ3) is 4.19. The molecule has 4 heterocycles. The third-order valence-corrected chi connectivity index (χ3v) is 7.20. The molecule has 0 bridgehead atoms. The minimum atomic E-state index is -0.0667. The van der Waals surface area contributed by atoms with E-state index in [9.17, 15) is 4.79 Å². The molecule has 2 N–H and O–H groups in total. The molecule has 1 atom stereocenters. The molecule has 0 aliphatic carbocycles. The van der Waals surface area contributed by atoms with E-state index in [4.69, 9.17) is 4.98 Å². The van der Waals surface area contributed by atoms with E-state index in [0.29, 0.717) is 17.3 Å². The van der Waals surface area contributed by atoms with E-state index in [1.807, 2.05) is 13.0 Å². The van der Waals surface area contributed by atoms with Gasteiger partial charge in [-0.1, -0.05) is 30.3 Å². The number of benzene rings is 1. The largest absolute Gasteiger partial charge is 0.308 e. The van der Waals surface area contributed by atoms with Gasteiger partial charge < -0.3 is 4.98 Å². The molecule has 31 heavy (non-hydrogen) atoms. The Hall–Kier alpha value is -2.81. The van der Waals surface area contributed by atoms with E-state index < -0.39 is 0 Å². The number of hydrogen-bond acceptors (Lipinski definition) is 6. The second kappa shape index (κ2) is 8.37. The number of fused-ring (bicyclic) bond motifs is 1. The Labute approximate surface area is 184 Å². The summed E-state index contributed by atoms with van der Waals surface area (Å²) in [6, 6.07) is 13.1.